The molecule has 1 aliphatic heterocycles. The highest BCUT2D eigenvalue weighted by Gasteiger charge is 2.33. The molecular formula is C10H17NO2. The molecule has 1 heterocycles. The van der Waals surface area contributed by atoms with Crippen LogP contribution in [0.2, 0.25) is 0 Å². The summed E-state index contributed by atoms with van der Waals surface area (Å²) in [5, 5.41) is 9.25. The minimum atomic E-state index is -0.248. The third kappa shape index (κ3) is 2.44. The van der Waals surface area contributed by atoms with Crippen molar-refractivity contribution < 1.29 is 9.84 Å². The highest BCUT2D eigenvalue weighted by Crippen LogP contribution is 2.18. The molecule has 74 valence electrons. The molecule has 13 heavy (non-hydrogen) atoms. The topological polar surface area (TPSA) is 32.7 Å². The Bertz CT molecular complexity index is 219. The maximum atomic E-state index is 9.25. The molecule has 1 unspecified atom stereocenters. The molecular weight excluding hydrogens is 166 g/mol. The number of hydrogen-bond donors (Lipinski definition) is 1. The Morgan fingerprint density at radius 3 is 3.00 bits per heavy atom. The summed E-state index contributed by atoms with van der Waals surface area (Å²) in [6, 6.07) is 0. The van der Waals surface area contributed by atoms with E-state index in [0.29, 0.717) is 6.61 Å². The average Bonchev–Trinajstić information content (AvgIpc) is 2.17. The number of aliphatic hydroxyl groups is 1. The average molecular weight is 183 g/mol. The first-order chi connectivity index (χ1) is 6.23. The molecule has 1 fully saturated rings. The molecule has 0 bridgehead atoms. The van der Waals surface area contributed by atoms with Gasteiger partial charge in [0.05, 0.1) is 31.9 Å². The maximum Gasteiger partial charge on any atom is 0.0671 e. The van der Waals surface area contributed by atoms with Crippen LogP contribution in [0.15, 0.2) is 0 Å². The molecule has 0 amide bonds. The monoisotopic (exact) mass is 183 g/mol. The highest BCUT2D eigenvalue weighted by atomic mass is 16.5. The van der Waals surface area contributed by atoms with Gasteiger partial charge in [-0.15, -0.1) is 5.92 Å². The van der Waals surface area contributed by atoms with E-state index in [1.54, 1.807) is 0 Å². The fourth-order valence-corrected chi connectivity index (χ4v) is 1.42. The van der Waals surface area contributed by atoms with Gasteiger partial charge in [-0.25, -0.2) is 0 Å². The lowest BCUT2D eigenvalue weighted by Gasteiger charge is -2.42. The van der Waals surface area contributed by atoms with Crippen molar-refractivity contribution in [3.05, 3.63) is 0 Å². The molecule has 3 nitrogen and oxygen atoms in total. The van der Waals surface area contributed by atoms with Crippen molar-refractivity contribution in [3.63, 3.8) is 0 Å². The molecule has 3 heteroatoms. The molecule has 0 aromatic heterocycles. The molecule has 1 N–H and O–H groups in total. The Morgan fingerprint density at radius 1 is 1.62 bits per heavy atom. The number of hydrogen-bond acceptors (Lipinski definition) is 3. The van der Waals surface area contributed by atoms with Gasteiger partial charge in [0.15, 0.2) is 0 Å². The minimum absolute atomic E-state index is 0.123. The fourth-order valence-electron chi connectivity index (χ4n) is 1.42. The number of morpholine rings is 1. The summed E-state index contributed by atoms with van der Waals surface area (Å²) in [5.41, 5.74) is -0.248. The van der Waals surface area contributed by atoms with Gasteiger partial charge in [0.25, 0.3) is 0 Å². The predicted octanol–water partition coefficient (Wildman–Crippen LogP) is 0.0929. The largest absolute Gasteiger partial charge is 0.394 e. The van der Waals surface area contributed by atoms with E-state index < -0.39 is 0 Å². The van der Waals surface area contributed by atoms with E-state index in [9.17, 15) is 5.11 Å². The number of aliphatic hydroxyl groups excluding tert-OH is 1. The van der Waals surface area contributed by atoms with Crippen LogP contribution in [0.1, 0.15) is 13.8 Å². The van der Waals surface area contributed by atoms with Crippen molar-refractivity contribution in [3.8, 4) is 11.8 Å². The smallest absolute Gasteiger partial charge is 0.0671 e. The molecule has 0 saturated carbocycles. The van der Waals surface area contributed by atoms with Crippen LogP contribution in [0.4, 0.5) is 0 Å². The van der Waals surface area contributed by atoms with Crippen molar-refractivity contribution in [1.29, 1.82) is 0 Å². The normalized spacial score (nSPS) is 29.5. The second-order valence-corrected chi connectivity index (χ2v) is 3.56. The van der Waals surface area contributed by atoms with Gasteiger partial charge in [-0.3, -0.25) is 4.90 Å². The Morgan fingerprint density at radius 2 is 2.38 bits per heavy atom. The first-order valence-corrected chi connectivity index (χ1v) is 4.56. The Hall–Kier alpha value is -0.560. The summed E-state index contributed by atoms with van der Waals surface area (Å²) >= 11 is 0. The Balaban J connectivity index is 2.59. The standard InChI is InChI=1S/C10H17NO2/c1-3-4-5-11-6-7-13-9-10(11,2)8-12/h12H,5-9H2,1-2H3. The zero-order valence-corrected chi connectivity index (χ0v) is 8.34. The first-order valence-electron chi connectivity index (χ1n) is 4.56. The van der Waals surface area contributed by atoms with Gasteiger partial charge < -0.3 is 9.84 Å². The molecule has 1 atom stereocenters. The predicted molar refractivity (Wildman–Crippen MR) is 51.3 cm³/mol. The second-order valence-electron chi connectivity index (χ2n) is 3.56. The van der Waals surface area contributed by atoms with Crippen LogP contribution in [-0.2, 0) is 4.74 Å². The lowest BCUT2D eigenvalue weighted by molar-refractivity contribution is -0.0761. The van der Waals surface area contributed by atoms with Gasteiger partial charge in [-0.05, 0) is 13.8 Å². The minimum Gasteiger partial charge on any atom is -0.394 e. The Kier molecular flexibility index (Phi) is 3.73. The van der Waals surface area contributed by atoms with Crippen molar-refractivity contribution >= 4 is 0 Å². The lowest BCUT2D eigenvalue weighted by Crippen LogP contribution is -2.57. The zero-order valence-electron chi connectivity index (χ0n) is 8.34. The molecule has 1 aliphatic rings. The van der Waals surface area contributed by atoms with E-state index in [2.05, 4.69) is 16.7 Å². The SMILES string of the molecule is CC#CCN1CCOCC1(C)CO. The van der Waals surface area contributed by atoms with Gasteiger partial charge in [-0.2, -0.15) is 0 Å². The fraction of sp³-hybridized carbons (Fsp3) is 0.800. The summed E-state index contributed by atoms with van der Waals surface area (Å²) in [6.07, 6.45) is 0. The van der Waals surface area contributed by atoms with E-state index in [0.717, 1.165) is 19.7 Å². The third-order valence-corrected chi connectivity index (χ3v) is 2.47. The van der Waals surface area contributed by atoms with Crippen LogP contribution in [0.5, 0.6) is 0 Å². The highest BCUT2D eigenvalue weighted by molar-refractivity contribution is 5.01. The van der Waals surface area contributed by atoms with E-state index in [1.807, 2.05) is 13.8 Å². The van der Waals surface area contributed by atoms with Crippen LogP contribution in [0.3, 0.4) is 0 Å². The zero-order chi connectivity index (χ0) is 9.73. The van der Waals surface area contributed by atoms with Gasteiger partial charge in [0.2, 0.25) is 0 Å². The van der Waals surface area contributed by atoms with E-state index >= 15 is 0 Å². The summed E-state index contributed by atoms with van der Waals surface area (Å²) in [5.74, 6) is 5.88. The quantitative estimate of drug-likeness (QED) is 0.616. The summed E-state index contributed by atoms with van der Waals surface area (Å²) < 4.78 is 5.34. The molecule has 0 radical (unpaired) electrons. The molecule has 1 saturated heterocycles. The third-order valence-electron chi connectivity index (χ3n) is 2.47. The van der Waals surface area contributed by atoms with Crippen molar-refractivity contribution in [2.24, 2.45) is 0 Å². The van der Waals surface area contributed by atoms with Crippen molar-refractivity contribution in [2.75, 3.05) is 32.9 Å². The molecule has 0 aromatic carbocycles. The first kappa shape index (κ1) is 10.5. The van der Waals surface area contributed by atoms with Gasteiger partial charge in [0.1, 0.15) is 0 Å². The number of rotatable bonds is 2. The summed E-state index contributed by atoms with van der Waals surface area (Å²) in [6.45, 7) is 6.86. The van der Waals surface area contributed by atoms with Crippen LogP contribution in [0.25, 0.3) is 0 Å². The summed E-state index contributed by atoms with van der Waals surface area (Å²) in [4.78, 5) is 2.17. The van der Waals surface area contributed by atoms with Crippen molar-refractivity contribution in [1.82, 2.24) is 4.90 Å². The van der Waals surface area contributed by atoms with Gasteiger partial charge in [-0.1, -0.05) is 5.92 Å². The molecule has 0 aliphatic carbocycles. The van der Waals surface area contributed by atoms with E-state index in [4.69, 9.17) is 4.74 Å². The van der Waals surface area contributed by atoms with Gasteiger partial charge in [0, 0.05) is 6.54 Å². The maximum absolute atomic E-state index is 9.25. The van der Waals surface area contributed by atoms with Crippen molar-refractivity contribution in [2.45, 2.75) is 19.4 Å². The molecule has 0 spiro atoms. The van der Waals surface area contributed by atoms with Crippen LogP contribution in [-0.4, -0.2) is 48.5 Å². The van der Waals surface area contributed by atoms with Gasteiger partial charge >= 0.3 is 0 Å². The number of ether oxygens (including phenoxy) is 1. The van der Waals surface area contributed by atoms with Crippen LogP contribution < -0.4 is 0 Å². The Labute approximate surface area is 79.7 Å². The second kappa shape index (κ2) is 4.61. The summed E-state index contributed by atoms with van der Waals surface area (Å²) in [7, 11) is 0. The van der Waals surface area contributed by atoms with Crippen LogP contribution >= 0.6 is 0 Å². The number of nitrogens with zero attached hydrogens (tertiary/aromatic N) is 1. The lowest BCUT2D eigenvalue weighted by atomic mass is 10.0. The van der Waals surface area contributed by atoms with E-state index in [1.165, 1.54) is 0 Å². The van der Waals surface area contributed by atoms with Crippen LogP contribution in [0, 0.1) is 11.8 Å². The molecule has 0 aromatic rings. The molecule has 1 rings (SSSR count). The van der Waals surface area contributed by atoms with E-state index in [-0.39, 0.29) is 12.1 Å².